The van der Waals surface area contributed by atoms with Crippen molar-refractivity contribution in [2.75, 3.05) is 45.0 Å². The first kappa shape index (κ1) is 18.6. The van der Waals surface area contributed by atoms with E-state index in [4.69, 9.17) is 11.6 Å². The molecule has 0 unspecified atom stereocenters. The van der Waals surface area contributed by atoms with Crippen LogP contribution in [0.2, 0.25) is 5.02 Å². The predicted octanol–water partition coefficient (Wildman–Crippen LogP) is 1.88. The van der Waals surface area contributed by atoms with E-state index in [1.807, 2.05) is 24.3 Å². The van der Waals surface area contributed by atoms with Gasteiger partial charge >= 0.3 is 0 Å². The fraction of sp³-hybridized carbons (Fsp3) is 0.500. The smallest absolute Gasteiger partial charge is 0.230 e. The van der Waals surface area contributed by atoms with E-state index < -0.39 is 0 Å². The Bertz CT molecular complexity index is 425. The molecule has 1 aliphatic rings. The highest BCUT2D eigenvalue weighted by Crippen LogP contribution is 2.19. The van der Waals surface area contributed by atoms with Gasteiger partial charge in [-0.3, -0.25) is 9.69 Å². The minimum Gasteiger partial charge on any atom is -0.354 e. The number of hydrogen-bond acceptors (Lipinski definition) is 4. The number of thioether (sulfide) groups is 1. The van der Waals surface area contributed by atoms with Crippen LogP contribution in [0, 0.1) is 0 Å². The predicted molar refractivity (Wildman–Crippen MR) is 91.7 cm³/mol. The first-order valence-corrected chi connectivity index (χ1v) is 8.18. The number of amides is 1. The Morgan fingerprint density at radius 2 is 1.95 bits per heavy atom. The summed E-state index contributed by atoms with van der Waals surface area (Å²) in [4.78, 5) is 15.2. The van der Waals surface area contributed by atoms with Crippen molar-refractivity contribution in [1.29, 1.82) is 0 Å². The van der Waals surface area contributed by atoms with Crippen molar-refractivity contribution in [1.82, 2.24) is 15.5 Å². The SMILES string of the molecule is Cl.O=C(CSc1ccc(Cl)cc1)NCCN1CCNCC1. The van der Waals surface area contributed by atoms with Gasteiger partial charge in [0.25, 0.3) is 0 Å². The van der Waals surface area contributed by atoms with Gasteiger partial charge in [-0.15, -0.1) is 24.2 Å². The third-order valence-corrected chi connectivity index (χ3v) is 4.41. The Kier molecular flexibility index (Phi) is 9.11. The average molecular weight is 350 g/mol. The van der Waals surface area contributed by atoms with Crippen molar-refractivity contribution in [3.05, 3.63) is 29.3 Å². The molecular weight excluding hydrogens is 329 g/mol. The second-order valence-electron chi connectivity index (χ2n) is 4.68. The standard InChI is InChI=1S/C14H20ClN3OS.ClH/c15-12-1-3-13(4-2-12)20-11-14(19)17-7-10-18-8-5-16-6-9-18;/h1-4,16H,5-11H2,(H,17,19);1H. The molecule has 1 saturated heterocycles. The summed E-state index contributed by atoms with van der Waals surface area (Å²) in [6, 6.07) is 7.54. The number of piperazine rings is 1. The molecule has 118 valence electrons. The normalized spacial score (nSPS) is 15.3. The third-order valence-electron chi connectivity index (χ3n) is 3.14. The quantitative estimate of drug-likeness (QED) is 0.769. The fourth-order valence-electron chi connectivity index (χ4n) is 2.02. The Morgan fingerprint density at radius 3 is 2.62 bits per heavy atom. The molecule has 0 bridgehead atoms. The summed E-state index contributed by atoms with van der Waals surface area (Å²) in [5.74, 6) is 0.531. The molecule has 0 spiro atoms. The van der Waals surface area contributed by atoms with Crippen LogP contribution in [0.25, 0.3) is 0 Å². The van der Waals surface area contributed by atoms with Crippen molar-refractivity contribution >= 4 is 41.7 Å². The van der Waals surface area contributed by atoms with E-state index in [9.17, 15) is 4.79 Å². The summed E-state index contributed by atoms with van der Waals surface area (Å²) in [6.07, 6.45) is 0. The van der Waals surface area contributed by atoms with Crippen LogP contribution in [-0.4, -0.2) is 55.8 Å². The Hall–Kier alpha value is -0.460. The molecule has 0 aromatic heterocycles. The highest BCUT2D eigenvalue weighted by Gasteiger charge is 2.09. The van der Waals surface area contributed by atoms with Crippen LogP contribution in [0.5, 0.6) is 0 Å². The van der Waals surface area contributed by atoms with Gasteiger partial charge in [0, 0.05) is 49.2 Å². The lowest BCUT2D eigenvalue weighted by molar-refractivity contribution is -0.118. The summed E-state index contributed by atoms with van der Waals surface area (Å²) in [7, 11) is 0. The lowest BCUT2D eigenvalue weighted by atomic mass is 10.3. The third kappa shape index (κ3) is 7.38. The monoisotopic (exact) mass is 349 g/mol. The van der Waals surface area contributed by atoms with E-state index in [2.05, 4.69) is 15.5 Å². The highest BCUT2D eigenvalue weighted by atomic mass is 35.5. The van der Waals surface area contributed by atoms with Crippen LogP contribution in [0.3, 0.4) is 0 Å². The number of halogens is 2. The molecule has 1 aromatic carbocycles. The minimum absolute atomic E-state index is 0. The Labute approximate surface area is 141 Å². The minimum atomic E-state index is 0. The van der Waals surface area contributed by atoms with Crippen molar-refractivity contribution in [2.24, 2.45) is 0 Å². The van der Waals surface area contributed by atoms with Gasteiger partial charge in [0.05, 0.1) is 5.75 Å². The van der Waals surface area contributed by atoms with Gasteiger partial charge < -0.3 is 10.6 Å². The average Bonchev–Trinajstić information content (AvgIpc) is 2.48. The van der Waals surface area contributed by atoms with Gasteiger partial charge in [0.1, 0.15) is 0 Å². The van der Waals surface area contributed by atoms with E-state index in [0.29, 0.717) is 5.75 Å². The Morgan fingerprint density at radius 1 is 1.29 bits per heavy atom. The maximum absolute atomic E-state index is 11.7. The van der Waals surface area contributed by atoms with E-state index in [1.165, 1.54) is 11.8 Å². The van der Waals surface area contributed by atoms with Crippen LogP contribution in [0.15, 0.2) is 29.2 Å². The summed E-state index contributed by atoms with van der Waals surface area (Å²) < 4.78 is 0. The fourth-order valence-corrected chi connectivity index (χ4v) is 2.87. The number of rotatable bonds is 6. The van der Waals surface area contributed by atoms with Crippen molar-refractivity contribution in [3.8, 4) is 0 Å². The number of hydrogen-bond donors (Lipinski definition) is 2. The van der Waals surface area contributed by atoms with E-state index >= 15 is 0 Å². The zero-order valence-corrected chi connectivity index (χ0v) is 14.2. The topological polar surface area (TPSA) is 44.4 Å². The summed E-state index contributed by atoms with van der Waals surface area (Å²) in [6.45, 7) is 5.87. The van der Waals surface area contributed by atoms with Crippen molar-refractivity contribution in [2.45, 2.75) is 4.90 Å². The molecule has 1 heterocycles. The molecule has 2 rings (SSSR count). The van der Waals surface area contributed by atoms with Gasteiger partial charge in [-0.25, -0.2) is 0 Å². The number of carbonyl (C=O) groups is 1. The largest absolute Gasteiger partial charge is 0.354 e. The summed E-state index contributed by atoms with van der Waals surface area (Å²) >= 11 is 7.35. The molecule has 7 heteroatoms. The molecule has 2 N–H and O–H groups in total. The van der Waals surface area contributed by atoms with Crippen LogP contribution in [-0.2, 0) is 4.79 Å². The number of nitrogens with one attached hydrogen (secondary N) is 2. The van der Waals surface area contributed by atoms with E-state index in [0.717, 1.165) is 49.2 Å². The number of carbonyl (C=O) groups excluding carboxylic acids is 1. The van der Waals surface area contributed by atoms with Crippen LogP contribution < -0.4 is 10.6 Å². The molecule has 0 saturated carbocycles. The first-order chi connectivity index (χ1) is 9.74. The molecule has 1 aliphatic heterocycles. The number of nitrogens with zero attached hydrogens (tertiary/aromatic N) is 1. The molecule has 21 heavy (non-hydrogen) atoms. The van der Waals surface area contributed by atoms with Gasteiger partial charge in [0.2, 0.25) is 5.91 Å². The Balaban J connectivity index is 0.00000220. The maximum Gasteiger partial charge on any atom is 0.230 e. The molecule has 0 atom stereocenters. The van der Waals surface area contributed by atoms with Crippen molar-refractivity contribution < 1.29 is 4.79 Å². The lowest BCUT2D eigenvalue weighted by Crippen LogP contribution is -2.46. The van der Waals surface area contributed by atoms with Gasteiger partial charge in [-0.1, -0.05) is 11.6 Å². The van der Waals surface area contributed by atoms with Gasteiger partial charge in [-0.05, 0) is 24.3 Å². The maximum atomic E-state index is 11.7. The molecule has 1 fully saturated rings. The van der Waals surface area contributed by atoms with Crippen LogP contribution in [0.4, 0.5) is 0 Å². The zero-order valence-electron chi connectivity index (χ0n) is 11.8. The molecule has 0 radical (unpaired) electrons. The summed E-state index contributed by atoms with van der Waals surface area (Å²) in [5, 5.41) is 7.00. The van der Waals surface area contributed by atoms with E-state index in [1.54, 1.807) is 0 Å². The molecule has 1 amide bonds. The molecular formula is C14H21Cl2N3OS. The van der Waals surface area contributed by atoms with Gasteiger partial charge in [-0.2, -0.15) is 0 Å². The highest BCUT2D eigenvalue weighted by molar-refractivity contribution is 8.00. The lowest BCUT2D eigenvalue weighted by Gasteiger charge is -2.27. The van der Waals surface area contributed by atoms with Crippen LogP contribution >= 0.6 is 35.8 Å². The van der Waals surface area contributed by atoms with Crippen LogP contribution in [0.1, 0.15) is 0 Å². The number of benzene rings is 1. The summed E-state index contributed by atoms with van der Waals surface area (Å²) in [5.41, 5.74) is 0. The molecule has 1 aromatic rings. The van der Waals surface area contributed by atoms with Crippen molar-refractivity contribution in [3.63, 3.8) is 0 Å². The molecule has 0 aliphatic carbocycles. The second kappa shape index (κ2) is 10.3. The first-order valence-electron chi connectivity index (χ1n) is 6.82. The zero-order chi connectivity index (χ0) is 14.2. The second-order valence-corrected chi connectivity index (χ2v) is 6.17. The van der Waals surface area contributed by atoms with E-state index in [-0.39, 0.29) is 18.3 Å². The molecule has 4 nitrogen and oxygen atoms in total. The van der Waals surface area contributed by atoms with Gasteiger partial charge in [0.15, 0.2) is 0 Å².